The lowest BCUT2D eigenvalue weighted by Crippen LogP contribution is -2.32. The summed E-state index contributed by atoms with van der Waals surface area (Å²) in [6, 6.07) is 2.40. The Balaban J connectivity index is 2.98. The van der Waals surface area contributed by atoms with E-state index < -0.39 is 24.1 Å². The third-order valence-electron chi connectivity index (χ3n) is 1.89. The van der Waals surface area contributed by atoms with E-state index in [0.717, 1.165) is 6.92 Å². The van der Waals surface area contributed by atoms with Crippen molar-refractivity contribution < 1.29 is 22.7 Å². The Hall–Kier alpha value is -1.99. The Kier molecular flexibility index (Phi) is 3.45. The number of nitrogens with zero attached hydrogens (tertiary/aromatic N) is 1. The molecule has 4 N–H and O–H groups in total. The van der Waals surface area contributed by atoms with E-state index in [0.29, 0.717) is 0 Å². The number of carbonyl (C=O) groups is 1. The number of rotatable bonds is 3. The molecule has 0 aliphatic carbocycles. The first-order valence-electron chi connectivity index (χ1n) is 4.51. The van der Waals surface area contributed by atoms with Crippen LogP contribution in [0, 0.1) is 0 Å². The Bertz CT molecular complexity index is 434. The predicted octanol–water partition coefficient (Wildman–Crippen LogP) is 1.09. The van der Waals surface area contributed by atoms with Crippen molar-refractivity contribution in [3.8, 4) is 5.88 Å². The molecular weight excluding hydrogens is 239 g/mol. The Labute approximate surface area is 94.6 Å². The second-order valence-corrected chi connectivity index (χ2v) is 3.26. The topological polar surface area (TPSA) is 91.2 Å². The van der Waals surface area contributed by atoms with E-state index in [1.165, 1.54) is 12.1 Å². The van der Waals surface area contributed by atoms with Crippen molar-refractivity contribution in [3.05, 3.63) is 17.8 Å². The number of nitrogens with two attached hydrogens (primary N) is 2. The van der Waals surface area contributed by atoms with Crippen LogP contribution >= 0.6 is 0 Å². The van der Waals surface area contributed by atoms with Gasteiger partial charge < -0.3 is 16.2 Å². The molecule has 0 aliphatic heterocycles. The van der Waals surface area contributed by atoms with Gasteiger partial charge in [0.05, 0.1) is 5.69 Å². The van der Waals surface area contributed by atoms with Crippen LogP contribution in [0.15, 0.2) is 12.1 Å². The van der Waals surface area contributed by atoms with Crippen LogP contribution in [0.5, 0.6) is 5.88 Å². The molecule has 0 fully saturated rings. The number of carbonyl (C=O) groups excluding carboxylic acids is 1. The molecule has 1 amide bonds. The maximum Gasteiger partial charge on any atom is 0.425 e. The molecule has 0 bridgehead atoms. The molecule has 1 rings (SSSR count). The maximum atomic E-state index is 12.2. The highest BCUT2D eigenvalue weighted by Crippen LogP contribution is 2.27. The van der Waals surface area contributed by atoms with Gasteiger partial charge in [-0.3, -0.25) is 4.79 Å². The number of alkyl halides is 3. The summed E-state index contributed by atoms with van der Waals surface area (Å²) in [6.07, 6.45) is -6.63. The molecule has 0 saturated heterocycles. The number of halogens is 3. The monoisotopic (exact) mass is 249 g/mol. The first-order valence-corrected chi connectivity index (χ1v) is 4.51. The molecule has 0 radical (unpaired) electrons. The van der Waals surface area contributed by atoms with Gasteiger partial charge in [0.15, 0.2) is 6.10 Å². The highest BCUT2D eigenvalue weighted by Gasteiger charge is 2.38. The number of hydrogen-bond acceptors (Lipinski definition) is 4. The maximum absolute atomic E-state index is 12.2. The van der Waals surface area contributed by atoms with Crippen LogP contribution in [0.2, 0.25) is 0 Å². The number of nitrogen functional groups attached to an aromatic ring is 1. The quantitative estimate of drug-likeness (QED) is 0.838. The van der Waals surface area contributed by atoms with Gasteiger partial charge in [0.25, 0.3) is 5.91 Å². The van der Waals surface area contributed by atoms with Crippen LogP contribution in [0.3, 0.4) is 0 Å². The summed E-state index contributed by atoms with van der Waals surface area (Å²) in [6.45, 7) is 0.804. The van der Waals surface area contributed by atoms with E-state index >= 15 is 0 Å². The van der Waals surface area contributed by atoms with Gasteiger partial charge in [0, 0.05) is 0 Å². The number of ether oxygens (including phenoxy) is 1. The highest BCUT2D eigenvalue weighted by molar-refractivity contribution is 5.91. The minimum absolute atomic E-state index is 0.105. The van der Waals surface area contributed by atoms with E-state index in [4.69, 9.17) is 11.5 Å². The highest BCUT2D eigenvalue weighted by atomic mass is 19.4. The number of anilines is 1. The number of primary amides is 1. The number of hydrogen-bond donors (Lipinski definition) is 2. The molecule has 1 atom stereocenters. The molecule has 5 nitrogen and oxygen atoms in total. The Morgan fingerprint density at radius 1 is 1.47 bits per heavy atom. The Morgan fingerprint density at radius 3 is 2.53 bits per heavy atom. The first kappa shape index (κ1) is 13.1. The van der Waals surface area contributed by atoms with Crippen LogP contribution in [-0.2, 0) is 0 Å². The summed E-state index contributed by atoms with van der Waals surface area (Å²) in [5.74, 6) is -1.35. The van der Waals surface area contributed by atoms with Gasteiger partial charge in [0.1, 0.15) is 5.69 Å². The molecule has 0 saturated carbocycles. The van der Waals surface area contributed by atoms with Crippen molar-refractivity contribution >= 4 is 11.6 Å². The third kappa shape index (κ3) is 3.23. The van der Waals surface area contributed by atoms with Gasteiger partial charge in [-0.25, -0.2) is 4.98 Å². The van der Waals surface area contributed by atoms with E-state index in [9.17, 15) is 18.0 Å². The SMILES string of the molecule is CC(Oc1nc(C(N)=O)ccc1N)C(F)(F)F. The zero-order valence-corrected chi connectivity index (χ0v) is 8.78. The van der Waals surface area contributed by atoms with Crippen molar-refractivity contribution in [3.63, 3.8) is 0 Å². The fraction of sp³-hybridized carbons (Fsp3) is 0.333. The average Bonchev–Trinajstić information content (AvgIpc) is 2.19. The smallest absolute Gasteiger partial charge is 0.425 e. The van der Waals surface area contributed by atoms with Gasteiger partial charge in [-0.15, -0.1) is 0 Å². The van der Waals surface area contributed by atoms with Gasteiger partial charge in [-0.2, -0.15) is 13.2 Å². The standard InChI is InChI=1S/C9H10F3N3O2/c1-4(9(10,11)12)17-8-5(13)2-3-6(15-8)7(14)16/h2-4H,13H2,1H3,(H2,14,16). The summed E-state index contributed by atoms with van der Waals surface area (Å²) in [7, 11) is 0. The molecule has 94 valence electrons. The molecule has 8 heteroatoms. The van der Waals surface area contributed by atoms with E-state index in [1.807, 2.05) is 0 Å². The van der Waals surface area contributed by atoms with Gasteiger partial charge in [-0.05, 0) is 19.1 Å². The van der Waals surface area contributed by atoms with Crippen LogP contribution in [-0.4, -0.2) is 23.2 Å². The van der Waals surface area contributed by atoms with Crippen LogP contribution < -0.4 is 16.2 Å². The predicted molar refractivity (Wildman–Crippen MR) is 53.3 cm³/mol. The second-order valence-electron chi connectivity index (χ2n) is 3.26. The second kappa shape index (κ2) is 4.48. The lowest BCUT2D eigenvalue weighted by atomic mass is 10.3. The summed E-state index contributed by atoms with van der Waals surface area (Å²) in [4.78, 5) is 14.3. The number of pyridine rings is 1. The normalized spacial score (nSPS) is 13.2. The van der Waals surface area contributed by atoms with Crippen molar-refractivity contribution in [1.82, 2.24) is 4.98 Å². The van der Waals surface area contributed by atoms with Gasteiger partial charge in [0.2, 0.25) is 5.88 Å². The molecule has 1 unspecified atom stereocenters. The van der Waals surface area contributed by atoms with Crippen LogP contribution in [0.25, 0.3) is 0 Å². The molecule has 1 heterocycles. The lowest BCUT2D eigenvalue weighted by molar-refractivity contribution is -0.189. The Morgan fingerprint density at radius 2 is 2.06 bits per heavy atom. The van der Waals surface area contributed by atoms with Crippen LogP contribution in [0.4, 0.5) is 18.9 Å². The summed E-state index contributed by atoms with van der Waals surface area (Å²) >= 11 is 0. The largest absolute Gasteiger partial charge is 0.464 e. The third-order valence-corrected chi connectivity index (χ3v) is 1.89. The summed E-state index contributed by atoms with van der Waals surface area (Å²) in [5, 5.41) is 0. The van der Waals surface area contributed by atoms with Crippen molar-refractivity contribution in [2.45, 2.75) is 19.2 Å². The molecule has 0 spiro atoms. The zero-order valence-electron chi connectivity index (χ0n) is 8.78. The molecule has 0 aliphatic rings. The van der Waals surface area contributed by atoms with Crippen molar-refractivity contribution in [1.29, 1.82) is 0 Å². The summed E-state index contributed by atoms with van der Waals surface area (Å²) < 4.78 is 41.3. The first-order chi connectivity index (χ1) is 7.71. The summed E-state index contributed by atoms with van der Waals surface area (Å²) in [5.41, 5.74) is 9.98. The van der Waals surface area contributed by atoms with E-state index in [-0.39, 0.29) is 11.4 Å². The number of aromatic nitrogens is 1. The minimum atomic E-state index is -4.54. The fourth-order valence-corrected chi connectivity index (χ4v) is 0.917. The van der Waals surface area contributed by atoms with Gasteiger partial charge >= 0.3 is 6.18 Å². The van der Waals surface area contributed by atoms with Crippen molar-refractivity contribution in [2.75, 3.05) is 5.73 Å². The van der Waals surface area contributed by atoms with Crippen molar-refractivity contribution in [2.24, 2.45) is 5.73 Å². The molecule has 0 aromatic carbocycles. The fourth-order valence-electron chi connectivity index (χ4n) is 0.917. The van der Waals surface area contributed by atoms with E-state index in [2.05, 4.69) is 9.72 Å². The average molecular weight is 249 g/mol. The van der Waals surface area contributed by atoms with Crippen LogP contribution in [0.1, 0.15) is 17.4 Å². The van der Waals surface area contributed by atoms with E-state index in [1.54, 1.807) is 0 Å². The minimum Gasteiger partial charge on any atom is -0.464 e. The molecular formula is C9H10F3N3O2. The number of amides is 1. The molecule has 1 aromatic rings. The molecule has 1 aromatic heterocycles. The molecule has 17 heavy (non-hydrogen) atoms. The van der Waals surface area contributed by atoms with Gasteiger partial charge in [-0.1, -0.05) is 0 Å². The lowest BCUT2D eigenvalue weighted by Gasteiger charge is -2.17. The zero-order chi connectivity index (χ0) is 13.2.